The molecule has 0 aromatic heterocycles. The number of fused-ring (bicyclic) bond motifs is 1. The van der Waals surface area contributed by atoms with Crippen LogP contribution in [-0.4, -0.2) is 35.8 Å². The fraction of sp³-hybridized carbons (Fsp3) is 0.423. The average molecular weight is 435 g/mol. The molecule has 1 fully saturated rings. The van der Waals surface area contributed by atoms with Crippen LogP contribution < -0.4 is 5.73 Å². The lowest BCUT2D eigenvalue weighted by molar-refractivity contribution is -0.118. The second kappa shape index (κ2) is 9.98. The predicted octanol–water partition coefficient (Wildman–Crippen LogP) is 4.04. The highest BCUT2D eigenvalue weighted by atomic mass is 16.5. The Hall–Kier alpha value is -3.15. The molecule has 1 unspecified atom stereocenters. The number of hydrogen-bond donors (Lipinski definition) is 1. The average Bonchev–Trinajstić information content (AvgIpc) is 2.82. The highest BCUT2D eigenvalue weighted by molar-refractivity contribution is 5.99. The number of carbonyl (C=O) groups excluding carboxylic acids is 3. The smallest absolute Gasteiger partial charge is 0.339 e. The fourth-order valence-corrected chi connectivity index (χ4v) is 4.82. The van der Waals surface area contributed by atoms with Crippen molar-refractivity contribution >= 4 is 17.8 Å². The predicted molar refractivity (Wildman–Crippen MR) is 121 cm³/mol. The van der Waals surface area contributed by atoms with Gasteiger partial charge in [0.15, 0.2) is 0 Å². The van der Waals surface area contributed by atoms with Gasteiger partial charge >= 0.3 is 5.97 Å². The molecule has 2 aliphatic rings. The minimum Gasteiger partial charge on any atom is -0.454 e. The Morgan fingerprint density at radius 1 is 1.03 bits per heavy atom. The molecule has 1 atom stereocenters. The van der Waals surface area contributed by atoms with Crippen molar-refractivity contribution in [1.82, 2.24) is 4.90 Å². The van der Waals surface area contributed by atoms with E-state index < -0.39 is 5.91 Å². The van der Waals surface area contributed by atoms with Gasteiger partial charge in [0.05, 0.1) is 12.1 Å². The Bertz CT molecular complexity index is 983. The summed E-state index contributed by atoms with van der Waals surface area (Å²) in [5, 5.41) is 0. The lowest BCUT2D eigenvalue weighted by Crippen LogP contribution is -2.40. The van der Waals surface area contributed by atoms with Gasteiger partial charge in [0.1, 0.15) is 6.10 Å². The monoisotopic (exact) mass is 434 g/mol. The van der Waals surface area contributed by atoms with Gasteiger partial charge in [0.2, 0.25) is 5.91 Å². The number of benzene rings is 2. The van der Waals surface area contributed by atoms with Crippen LogP contribution in [0.5, 0.6) is 0 Å². The molecule has 1 aliphatic carbocycles. The Kier molecular flexibility index (Phi) is 6.88. The third-order valence-corrected chi connectivity index (χ3v) is 6.56. The number of primary amides is 1. The van der Waals surface area contributed by atoms with Crippen LogP contribution >= 0.6 is 0 Å². The number of hydrogen-bond acceptors (Lipinski definition) is 4. The van der Waals surface area contributed by atoms with Crippen LogP contribution in [0.1, 0.15) is 76.5 Å². The quantitative estimate of drug-likeness (QED) is 0.666. The number of amides is 2. The van der Waals surface area contributed by atoms with Crippen LogP contribution in [-0.2, 0) is 16.0 Å². The van der Waals surface area contributed by atoms with Crippen LogP contribution in [0.25, 0.3) is 0 Å². The number of carbonyl (C=O) groups is 3. The fourth-order valence-electron chi connectivity index (χ4n) is 4.82. The van der Waals surface area contributed by atoms with E-state index in [4.69, 9.17) is 10.5 Å². The number of nitrogens with two attached hydrogens (primary N) is 1. The second-order valence-corrected chi connectivity index (χ2v) is 8.87. The summed E-state index contributed by atoms with van der Waals surface area (Å²) >= 11 is 0. The highest BCUT2D eigenvalue weighted by Crippen LogP contribution is 2.31. The summed E-state index contributed by atoms with van der Waals surface area (Å²) in [7, 11) is 0. The van der Waals surface area contributed by atoms with E-state index in [-0.39, 0.29) is 24.5 Å². The Morgan fingerprint density at radius 2 is 1.78 bits per heavy atom. The number of nitrogens with zero attached hydrogens (tertiary/aromatic N) is 1. The summed E-state index contributed by atoms with van der Waals surface area (Å²) in [5.74, 6) is -0.535. The van der Waals surface area contributed by atoms with Crippen molar-refractivity contribution in [3.63, 3.8) is 0 Å². The van der Waals surface area contributed by atoms with Crippen molar-refractivity contribution in [2.45, 2.75) is 51.0 Å². The van der Waals surface area contributed by atoms with E-state index in [1.807, 2.05) is 30.3 Å². The molecule has 32 heavy (non-hydrogen) atoms. The first-order chi connectivity index (χ1) is 15.5. The number of rotatable bonds is 7. The van der Waals surface area contributed by atoms with Crippen LogP contribution in [0.4, 0.5) is 0 Å². The highest BCUT2D eigenvalue weighted by Gasteiger charge is 2.29. The molecule has 0 spiro atoms. The van der Waals surface area contributed by atoms with Gasteiger partial charge in [0.25, 0.3) is 5.91 Å². The minimum atomic E-state index is -0.521. The SMILES string of the molecule is NC(=O)CN(CCC1CCCCC1)C(=O)c1ccc2c(c1)CC(c1ccccc1)OC2=O. The molecule has 1 heterocycles. The first-order valence-corrected chi connectivity index (χ1v) is 11.5. The molecule has 2 aromatic carbocycles. The Balaban J connectivity index is 1.52. The van der Waals surface area contributed by atoms with E-state index in [0.29, 0.717) is 30.0 Å². The molecule has 6 heteroatoms. The van der Waals surface area contributed by atoms with Gasteiger partial charge in [-0.2, -0.15) is 0 Å². The zero-order valence-electron chi connectivity index (χ0n) is 18.3. The van der Waals surface area contributed by atoms with E-state index in [2.05, 4.69) is 0 Å². The van der Waals surface area contributed by atoms with Crippen molar-refractivity contribution in [3.05, 3.63) is 70.8 Å². The lowest BCUT2D eigenvalue weighted by atomic mass is 9.87. The first kappa shape index (κ1) is 22.1. The van der Waals surface area contributed by atoms with Crippen molar-refractivity contribution in [2.75, 3.05) is 13.1 Å². The lowest BCUT2D eigenvalue weighted by Gasteiger charge is -2.28. The molecule has 0 saturated heterocycles. The maximum atomic E-state index is 13.3. The zero-order chi connectivity index (χ0) is 22.5. The van der Waals surface area contributed by atoms with Crippen LogP contribution in [0.15, 0.2) is 48.5 Å². The normalized spacial score (nSPS) is 18.5. The van der Waals surface area contributed by atoms with Crippen LogP contribution in [0.3, 0.4) is 0 Å². The van der Waals surface area contributed by atoms with Crippen molar-refractivity contribution < 1.29 is 19.1 Å². The second-order valence-electron chi connectivity index (χ2n) is 8.87. The number of esters is 1. The molecule has 2 amide bonds. The van der Waals surface area contributed by atoms with Gasteiger partial charge in [-0.05, 0) is 41.7 Å². The molecular weight excluding hydrogens is 404 g/mol. The summed E-state index contributed by atoms with van der Waals surface area (Å²) in [4.78, 5) is 39.0. The van der Waals surface area contributed by atoms with E-state index in [1.165, 1.54) is 32.1 Å². The van der Waals surface area contributed by atoms with E-state index in [0.717, 1.165) is 17.5 Å². The van der Waals surface area contributed by atoms with Gasteiger partial charge in [0, 0.05) is 18.5 Å². The van der Waals surface area contributed by atoms with Crippen molar-refractivity contribution in [3.8, 4) is 0 Å². The van der Waals surface area contributed by atoms with Crippen LogP contribution in [0, 0.1) is 5.92 Å². The molecule has 2 N–H and O–H groups in total. The molecule has 4 rings (SSSR count). The van der Waals surface area contributed by atoms with E-state index >= 15 is 0 Å². The standard InChI is InChI=1S/C26H30N2O4/c27-24(29)17-28(14-13-18-7-3-1-4-8-18)25(30)20-11-12-22-21(15-20)16-23(32-26(22)31)19-9-5-2-6-10-19/h2,5-6,9-12,15,18,23H,1,3-4,7-8,13-14,16-17H2,(H2,27,29). The summed E-state index contributed by atoms with van der Waals surface area (Å²) in [6, 6.07) is 14.6. The largest absolute Gasteiger partial charge is 0.454 e. The molecule has 2 aromatic rings. The number of cyclic esters (lactones) is 1. The third-order valence-electron chi connectivity index (χ3n) is 6.56. The molecular formula is C26H30N2O4. The zero-order valence-corrected chi connectivity index (χ0v) is 18.3. The Labute approximate surface area is 188 Å². The summed E-state index contributed by atoms with van der Waals surface area (Å²) in [5.41, 5.74) is 8.09. The van der Waals surface area contributed by atoms with Crippen molar-refractivity contribution in [1.29, 1.82) is 0 Å². The maximum absolute atomic E-state index is 13.3. The minimum absolute atomic E-state index is 0.0999. The summed E-state index contributed by atoms with van der Waals surface area (Å²) < 4.78 is 5.61. The van der Waals surface area contributed by atoms with Gasteiger partial charge in [-0.3, -0.25) is 9.59 Å². The summed E-state index contributed by atoms with van der Waals surface area (Å²) in [6.45, 7) is 0.412. The van der Waals surface area contributed by atoms with E-state index in [9.17, 15) is 14.4 Å². The van der Waals surface area contributed by atoms with Gasteiger partial charge < -0.3 is 15.4 Å². The van der Waals surface area contributed by atoms with Crippen LogP contribution in [0.2, 0.25) is 0 Å². The molecule has 168 valence electrons. The summed E-state index contributed by atoms with van der Waals surface area (Å²) in [6.07, 6.45) is 7.12. The van der Waals surface area contributed by atoms with Gasteiger partial charge in [-0.25, -0.2) is 4.79 Å². The van der Waals surface area contributed by atoms with Gasteiger partial charge in [-0.15, -0.1) is 0 Å². The number of ether oxygens (including phenoxy) is 1. The molecule has 1 aliphatic heterocycles. The molecule has 0 bridgehead atoms. The van der Waals surface area contributed by atoms with Crippen molar-refractivity contribution in [2.24, 2.45) is 11.7 Å². The van der Waals surface area contributed by atoms with E-state index in [1.54, 1.807) is 23.1 Å². The van der Waals surface area contributed by atoms with Gasteiger partial charge in [-0.1, -0.05) is 62.4 Å². The topological polar surface area (TPSA) is 89.7 Å². The molecule has 0 radical (unpaired) electrons. The molecule has 1 saturated carbocycles. The molecule has 6 nitrogen and oxygen atoms in total. The third kappa shape index (κ3) is 5.18. The first-order valence-electron chi connectivity index (χ1n) is 11.5. The maximum Gasteiger partial charge on any atom is 0.339 e. The Morgan fingerprint density at radius 3 is 2.50 bits per heavy atom.